The van der Waals surface area contributed by atoms with Gasteiger partial charge in [-0.3, -0.25) is 4.79 Å². The summed E-state index contributed by atoms with van der Waals surface area (Å²) in [4.78, 5) is 16.1. The quantitative estimate of drug-likeness (QED) is 0.747. The van der Waals surface area contributed by atoms with Gasteiger partial charge in [-0.05, 0) is 28.5 Å². The lowest BCUT2D eigenvalue weighted by molar-refractivity contribution is 0.0946. The van der Waals surface area contributed by atoms with Crippen LogP contribution in [-0.2, 0) is 6.54 Å². The predicted octanol–water partition coefficient (Wildman–Crippen LogP) is 3.82. The maximum absolute atomic E-state index is 12.1. The molecule has 0 saturated heterocycles. The molecular formula is C17H13ClN2O. The molecule has 3 aromatic rings. The number of fused-ring (bicyclic) bond motifs is 1. The van der Waals surface area contributed by atoms with E-state index in [2.05, 4.69) is 28.5 Å². The van der Waals surface area contributed by atoms with Crippen LogP contribution in [-0.4, -0.2) is 10.9 Å². The zero-order chi connectivity index (χ0) is 14.7. The summed E-state index contributed by atoms with van der Waals surface area (Å²) < 4.78 is 0. The number of carbonyl (C=O) groups is 1. The number of benzene rings is 2. The smallest absolute Gasteiger partial charge is 0.270 e. The summed E-state index contributed by atoms with van der Waals surface area (Å²) in [6.45, 7) is 0.453. The van der Waals surface area contributed by atoms with E-state index in [1.807, 2.05) is 24.3 Å². The van der Waals surface area contributed by atoms with Crippen LogP contribution in [0.2, 0.25) is 5.15 Å². The number of carbonyl (C=O) groups excluding carboxylic acids is 1. The zero-order valence-electron chi connectivity index (χ0n) is 11.2. The normalized spacial score (nSPS) is 10.5. The van der Waals surface area contributed by atoms with Crippen LogP contribution in [0.15, 0.2) is 60.7 Å². The Kier molecular flexibility index (Phi) is 3.84. The first-order chi connectivity index (χ1) is 10.2. The number of hydrogen-bond acceptors (Lipinski definition) is 2. The average Bonchev–Trinajstić information content (AvgIpc) is 2.52. The predicted molar refractivity (Wildman–Crippen MR) is 84.4 cm³/mol. The third kappa shape index (κ3) is 3.03. The van der Waals surface area contributed by atoms with Crippen LogP contribution in [0.1, 0.15) is 16.1 Å². The van der Waals surface area contributed by atoms with E-state index in [4.69, 9.17) is 11.6 Å². The minimum atomic E-state index is -0.231. The highest BCUT2D eigenvalue weighted by atomic mass is 35.5. The first-order valence-electron chi connectivity index (χ1n) is 6.61. The summed E-state index contributed by atoms with van der Waals surface area (Å²) in [6.07, 6.45) is 0. The van der Waals surface area contributed by atoms with Gasteiger partial charge in [-0.15, -0.1) is 0 Å². The number of amides is 1. The highest BCUT2D eigenvalue weighted by Gasteiger charge is 2.08. The molecule has 0 fully saturated rings. The van der Waals surface area contributed by atoms with Crippen molar-refractivity contribution < 1.29 is 4.79 Å². The Hall–Kier alpha value is -2.39. The van der Waals surface area contributed by atoms with Gasteiger partial charge in [0.15, 0.2) is 0 Å². The molecule has 1 aromatic heterocycles. The average molecular weight is 297 g/mol. The highest BCUT2D eigenvalue weighted by Crippen LogP contribution is 2.18. The first kappa shape index (κ1) is 13.6. The number of nitrogens with zero attached hydrogens (tertiary/aromatic N) is 1. The van der Waals surface area contributed by atoms with E-state index in [0.29, 0.717) is 17.4 Å². The van der Waals surface area contributed by atoms with Gasteiger partial charge in [0, 0.05) is 6.54 Å². The van der Waals surface area contributed by atoms with Crippen LogP contribution in [0.5, 0.6) is 0 Å². The molecule has 1 N–H and O–H groups in total. The Balaban J connectivity index is 1.79. The Labute approximate surface area is 127 Å². The van der Waals surface area contributed by atoms with Crippen molar-refractivity contribution >= 4 is 28.3 Å². The van der Waals surface area contributed by atoms with Crippen LogP contribution in [0.3, 0.4) is 0 Å². The fourth-order valence-corrected chi connectivity index (χ4v) is 2.41. The summed E-state index contributed by atoms with van der Waals surface area (Å²) in [6, 6.07) is 19.1. The molecule has 0 radical (unpaired) electrons. The summed E-state index contributed by atoms with van der Waals surface area (Å²) in [5.41, 5.74) is 1.39. The first-order valence-corrected chi connectivity index (χ1v) is 6.99. The van der Waals surface area contributed by atoms with Crippen LogP contribution in [0.4, 0.5) is 0 Å². The number of aromatic nitrogens is 1. The zero-order valence-corrected chi connectivity index (χ0v) is 12.0. The Morgan fingerprint density at radius 3 is 2.62 bits per heavy atom. The lowest BCUT2D eigenvalue weighted by Gasteiger charge is -2.08. The molecule has 0 bridgehead atoms. The van der Waals surface area contributed by atoms with Crippen molar-refractivity contribution in [1.29, 1.82) is 0 Å². The second-order valence-corrected chi connectivity index (χ2v) is 5.05. The topological polar surface area (TPSA) is 42.0 Å². The minimum Gasteiger partial charge on any atom is -0.347 e. The monoisotopic (exact) mass is 296 g/mol. The van der Waals surface area contributed by atoms with Crippen molar-refractivity contribution in [3.8, 4) is 0 Å². The standard InChI is InChI=1S/C17H13ClN2O/c18-16-10-4-9-15(20-16)17(21)19-11-13-7-3-6-12-5-1-2-8-14(12)13/h1-10H,11H2,(H,19,21). The number of nitrogens with one attached hydrogen (secondary N) is 1. The van der Waals surface area contributed by atoms with Crippen molar-refractivity contribution in [3.63, 3.8) is 0 Å². The lowest BCUT2D eigenvalue weighted by Crippen LogP contribution is -2.23. The summed E-state index contributed by atoms with van der Waals surface area (Å²) in [5, 5.41) is 5.48. The number of rotatable bonds is 3. The van der Waals surface area contributed by atoms with E-state index in [0.717, 1.165) is 16.3 Å². The maximum atomic E-state index is 12.1. The largest absolute Gasteiger partial charge is 0.347 e. The Morgan fingerprint density at radius 2 is 1.76 bits per heavy atom. The van der Waals surface area contributed by atoms with E-state index in [1.165, 1.54) is 0 Å². The molecular weight excluding hydrogens is 284 g/mol. The molecule has 3 nitrogen and oxygen atoms in total. The van der Waals surface area contributed by atoms with Gasteiger partial charge in [0.1, 0.15) is 10.8 Å². The highest BCUT2D eigenvalue weighted by molar-refractivity contribution is 6.29. The van der Waals surface area contributed by atoms with Gasteiger partial charge < -0.3 is 5.32 Å². The van der Waals surface area contributed by atoms with Crippen LogP contribution in [0.25, 0.3) is 10.8 Å². The fourth-order valence-electron chi connectivity index (χ4n) is 2.25. The Bertz CT molecular complexity index is 796. The molecule has 0 atom stereocenters. The SMILES string of the molecule is O=C(NCc1cccc2ccccc12)c1cccc(Cl)n1. The molecule has 0 spiro atoms. The van der Waals surface area contributed by atoms with Crippen LogP contribution >= 0.6 is 11.6 Å². The molecule has 1 amide bonds. The Morgan fingerprint density at radius 1 is 1.00 bits per heavy atom. The van der Waals surface area contributed by atoms with Crippen molar-refractivity contribution in [3.05, 3.63) is 77.1 Å². The third-order valence-electron chi connectivity index (χ3n) is 3.27. The van der Waals surface area contributed by atoms with Gasteiger partial charge in [-0.25, -0.2) is 4.98 Å². The van der Waals surface area contributed by atoms with Gasteiger partial charge in [-0.1, -0.05) is 60.1 Å². The summed E-state index contributed by atoms with van der Waals surface area (Å²) in [7, 11) is 0. The number of pyridine rings is 1. The van der Waals surface area contributed by atoms with Gasteiger partial charge in [0.25, 0.3) is 5.91 Å². The van der Waals surface area contributed by atoms with E-state index >= 15 is 0 Å². The molecule has 1 heterocycles. The van der Waals surface area contributed by atoms with E-state index in [1.54, 1.807) is 18.2 Å². The summed E-state index contributed by atoms with van der Waals surface area (Å²) in [5.74, 6) is -0.231. The van der Waals surface area contributed by atoms with Crippen molar-refractivity contribution in [2.45, 2.75) is 6.54 Å². The molecule has 21 heavy (non-hydrogen) atoms. The van der Waals surface area contributed by atoms with Crippen molar-refractivity contribution in [1.82, 2.24) is 10.3 Å². The summed E-state index contributed by atoms with van der Waals surface area (Å²) >= 11 is 5.79. The van der Waals surface area contributed by atoms with E-state index in [-0.39, 0.29) is 5.91 Å². The fraction of sp³-hybridized carbons (Fsp3) is 0.0588. The lowest BCUT2D eigenvalue weighted by atomic mass is 10.0. The second kappa shape index (κ2) is 5.94. The number of halogens is 1. The molecule has 0 aliphatic rings. The molecule has 0 saturated carbocycles. The molecule has 2 aromatic carbocycles. The van der Waals surface area contributed by atoms with Crippen molar-refractivity contribution in [2.75, 3.05) is 0 Å². The maximum Gasteiger partial charge on any atom is 0.270 e. The van der Waals surface area contributed by atoms with E-state index < -0.39 is 0 Å². The van der Waals surface area contributed by atoms with Gasteiger partial charge in [0.2, 0.25) is 0 Å². The molecule has 0 unspecified atom stereocenters. The second-order valence-electron chi connectivity index (χ2n) is 4.67. The van der Waals surface area contributed by atoms with Crippen LogP contribution in [0, 0.1) is 0 Å². The van der Waals surface area contributed by atoms with Gasteiger partial charge in [0.05, 0.1) is 0 Å². The molecule has 0 aliphatic carbocycles. The van der Waals surface area contributed by atoms with E-state index in [9.17, 15) is 4.79 Å². The third-order valence-corrected chi connectivity index (χ3v) is 3.48. The molecule has 3 rings (SSSR count). The van der Waals surface area contributed by atoms with Gasteiger partial charge in [-0.2, -0.15) is 0 Å². The molecule has 104 valence electrons. The number of hydrogen-bond donors (Lipinski definition) is 1. The van der Waals surface area contributed by atoms with Crippen LogP contribution < -0.4 is 5.32 Å². The molecule has 4 heteroatoms. The minimum absolute atomic E-state index is 0.231. The molecule has 0 aliphatic heterocycles. The van der Waals surface area contributed by atoms with Crippen molar-refractivity contribution in [2.24, 2.45) is 0 Å². The van der Waals surface area contributed by atoms with Gasteiger partial charge >= 0.3 is 0 Å².